The van der Waals surface area contributed by atoms with E-state index < -0.39 is 0 Å². The Kier molecular flexibility index (Phi) is 1.31. The highest BCUT2D eigenvalue weighted by molar-refractivity contribution is 5.91. The minimum atomic E-state index is 1.07. The van der Waals surface area contributed by atoms with Gasteiger partial charge in [0.25, 0.3) is 0 Å². The Hall–Kier alpha value is -1.56. The van der Waals surface area contributed by atoms with Crippen LogP contribution < -0.4 is 0 Å². The lowest BCUT2D eigenvalue weighted by molar-refractivity contribution is 1.13. The van der Waals surface area contributed by atoms with E-state index in [1.807, 2.05) is 0 Å². The molecule has 0 unspecified atom stereocenters. The third-order valence-electron chi connectivity index (χ3n) is 2.64. The van der Waals surface area contributed by atoms with Crippen LogP contribution in [0.2, 0.25) is 0 Å². The van der Waals surface area contributed by atoms with E-state index in [1.165, 1.54) is 21.9 Å². The first-order valence-electron chi connectivity index (χ1n) is 4.63. The van der Waals surface area contributed by atoms with Crippen LogP contribution in [0.15, 0.2) is 36.4 Å². The van der Waals surface area contributed by atoms with Crippen molar-refractivity contribution in [3.05, 3.63) is 60.4 Å². The minimum absolute atomic E-state index is 1.07. The molecule has 0 heterocycles. The van der Waals surface area contributed by atoms with Gasteiger partial charge in [-0.25, -0.2) is 0 Å². The summed E-state index contributed by atoms with van der Waals surface area (Å²) in [7, 11) is 0. The summed E-state index contributed by atoms with van der Waals surface area (Å²) in [5, 5.41) is 2.76. The van der Waals surface area contributed by atoms with Crippen molar-refractivity contribution < 1.29 is 0 Å². The lowest BCUT2D eigenvalue weighted by atomic mass is 9.89. The zero-order chi connectivity index (χ0) is 8.67. The van der Waals surface area contributed by atoms with E-state index in [0.29, 0.717) is 0 Å². The van der Waals surface area contributed by atoms with Gasteiger partial charge in [0.1, 0.15) is 5.56 Å². The molecule has 62 valence electrons. The van der Waals surface area contributed by atoms with Gasteiger partial charge in [-0.2, -0.15) is 0 Å². The van der Waals surface area contributed by atoms with Crippen molar-refractivity contribution in [1.82, 2.24) is 0 Å². The Bertz CT molecular complexity index is 416. The molecule has 0 spiro atoms. The van der Waals surface area contributed by atoms with E-state index in [9.17, 15) is 0 Å². The van der Waals surface area contributed by atoms with Crippen molar-refractivity contribution in [1.29, 1.82) is 0 Å². The van der Waals surface area contributed by atoms with Gasteiger partial charge in [0.15, 0.2) is 0 Å². The summed E-state index contributed by atoms with van der Waals surface area (Å²) in [6, 6.07) is 13.0. The smallest absolute Gasteiger partial charge is 0.135 e. The van der Waals surface area contributed by atoms with Crippen molar-refractivity contribution in [2.75, 3.05) is 0 Å². The fourth-order valence-corrected chi connectivity index (χ4v) is 2.05. The van der Waals surface area contributed by atoms with E-state index in [2.05, 4.69) is 49.2 Å². The molecule has 0 heteroatoms. The van der Waals surface area contributed by atoms with E-state index in [1.54, 1.807) is 0 Å². The molecule has 0 atom stereocenters. The summed E-state index contributed by atoms with van der Waals surface area (Å²) in [6.45, 7) is 0. The molecule has 13 heavy (non-hydrogen) atoms. The molecule has 0 aromatic heterocycles. The quantitative estimate of drug-likeness (QED) is 0.526. The minimum Gasteiger partial charge on any atom is -0.142 e. The Morgan fingerprint density at radius 3 is 2.85 bits per heavy atom. The second kappa shape index (κ2) is 2.46. The molecule has 0 saturated carbocycles. The maximum atomic E-state index is 2.29. The summed E-state index contributed by atoms with van der Waals surface area (Å²) in [5.41, 5.74) is 2.77. The Balaban J connectivity index is 2.49. The number of hydrogen-bond acceptors (Lipinski definition) is 0. The number of rotatable bonds is 0. The average molecular weight is 166 g/mol. The van der Waals surface area contributed by atoms with Crippen molar-refractivity contribution in [3.63, 3.8) is 0 Å². The van der Waals surface area contributed by atoms with Crippen LogP contribution in [0.5, 0.6) is 0 Å². The van der Waals surface area contributed by atoms with E-state index >= 15 is 0 Å². The fourth-order valence-electron chi connectivity index (χ4n) is 2.05. The lowest BCUT2D eigenvalue weighted by Crippen LogP contribution is -1.96. The molecule has 3 rings (SSSR count). The molecule has 0 amide bonds. The van der Waals surface area contributed by atoms with Gasteiger partial charge in [-0.1, -0.05) is 11.6 Å². The Labute approximate surface area is 78.2 Å². The molecule has 1 aliphatic rings. The molecular formula is C13H10. The fraction of sp³-hybridized carbons (Fsp3) is 0.0769. The first-order chi connectivity index (χ1) is 6.45. The monoisotopic (exact) mass is 166 g/mol. The van der Waals surface area contributed by atoms with Gasteiger partial charge in [0.05, 0.1) is 5.39 Å². The normalized spacial score (nSPS) is 13.5. The third kappa shape index (κ3) is 0.919. The van der Waals surface area contributed by atoms with Crippen LogP contribution in [-0.2, 0) is 0 Å². The third-order valence-corrected chi connectivity index (χ3v) is 2.64. The first-order valence-corrected chi connectivity index (χ1v) is 4.63. The van der Waals surface area contributed by atoms with E-state index in [0.717, 1.165) is 6.42 Å². The highest BCUT2D eigenvalue weighted by Gasteiger charge is 2.14. The number of hydrogen-bond donors (Lipinski definition) is 0. The van der Waals surface area contributed by atoms with Crippen molar-refractivity contribution in [3.8, 4) is 0 Å². The maximum Gasteiger partial charge on any atom is 0.135 e. The predicted molar refractivity (Wildman–Crippen MR) is 55.4 cm³/mol. The standard InChI is InChI=1S/C13H10/c1-4-10-6-2-8-12-9-3-7-11(5-1)13(10)12/h1-2,4-9H,3H2. The van der Waals surface area contributed by atoms with Gasteiger partial charge >= 0.3 is 0 Å². The van der Waals surface area contributed by atoms with Crippen molar-refractivity contribution in [2.45, 2.75) is 6.42 Å². The molecule has 0 fully saturated rings. The predicted octanol–water partition coefficient (Wildman–Crippen LogP) is 3.35. The van der Waals surface area contributed by atoms with Gasteiger partial charge in [0.2, 0.25) is 0 Å². The molecule has 2 aromatic carbocycles. The van der Waals surface area contributed by atoms with Crippen LogP contribution in [0.4, 0.5) is 0 Å². The van der Waals surface area contributed by atoms with Crippen LogP contribution >= 0.6 is 0 Å². The molecule has 0 bridgehead atoms. The maximum absolute atomic E-state index is 2.29. The van der Waals surface area contributed by atoms with Crippen LogP contribution in [-0.4, -0.2) is 0 Å². The molecule has 1 aliphatic carbocycles. The van der Waals surface area contributed by atoms with Crippen LogP contribution in [0, 0.1) is 12.8 Å². The van der Waals surface area contributed by atoms with Crippen LogP contribution in [0.1, 0.15) is 17.5 Å². The van der Waals surface area contributed by atoms with Gasteiger partial charge in [-0.15, -0.1) is 18.6 Å². The SMILES string of the molecule is c1cc2c3c(cccc3c1)[CH-]C[CH+]2. The summed E-state index contributed by atoms with van der Waals surface area (Å²) >= 11 is 0. The molecular weight excluding hydrogens is 156 g/mol. The average Bonchev–Trinajstić information content (AvgIpc) is 2.19. The second-order valence-electron chi connectivity index (χ2n) is 3.44. The van der Waals surface area contributed by atoms with Gasteiger partial charge in [0, 0.05) is 17.9 Å². The molecule has 0 N–H and O–H groups in total. The zero-order valence-electron chi connectivity index (χ0n) is 7.33. The van der Waals surface area contributed by atoms with Gasteiger partial charge < -0.3 is 0 Å². The van der Waals surface area contributed by atoms with Crippen molar-refractivity contribution in [2.24, 2.45) is 0 Å². The van der Waals surface area contributed by atoms with Gasteiger partial charge in [-0.3, -0.25) is 0 Å². The first kappa shape index (κ1) is 6.90. The molecule has 0 radical (unpaired) electrons. The highest BCUT2D eigenvalue weighted by atomic mass is 14.1. The largest absolute Gasteiger partial charge is 0.142 e. The number of benzene rings is 2. The lowest BCUT2D eigenvalue weighted by Gasteiger charge is -2.13. The second-order valence-corrected chi connectivity index (χ2v) is 3.44. The molecule has 2 aromatic rings. The van der Waals surface area contributed by atoms with E-state index in [4.69, 9.17) is 0 Å². The van der Waals surface area contributed by atoms with E-state index in [-0.39, 0.29) is 0 Å². The summed E-state index contributed by atoms with van der Waals surface area (Å²) in [6.07, 6.45) is 5.64. The van der Waals surface area contributed by atoms with Crippen LogP contribution in [0.3, 0.4) is 0 Å². The topological polar surface area (TPSA) is 0 Å². The Morgan fingerprint density at radius 1 is 1.08 bits per heavy atom. The van der Waals surface area contributed by atoms with Gasteiger partial charge in [-0.05, 0) is 18.6 Å². The van der Waals surface area contributed by atoms with Crippen molar-refractivity contribution >= 4 is 10.8 Å². The molecule has 0 saturated heterocycles. The molecule has 0 nitrogen and oxygen atoms in total. The summed E-state index contributed by atoms with van der Waals surface area (Å²) in [4.78, 5) is 0. The highest BCUT2D eigenvalue weighted by Crippen LogP contribution is 2.31. The molecule has 0 aliphatic heterocycles. The summed E-state index contributed by atoms with van der Waals surface area (Å²) < 4.78 is 0. The zero-order valence-corrected chi connectivity index (χ0v) is 7.33. The summed E-state index contributed by atoms with van der Waals surface area (Å²) in [5.74, 6) is 0. The van der Waals surface area contributed by atoms with Crippen LogP contribution in [0.25, 0.3) is 10.8 Å². The Morgan fingerprint density at radius 2 is 1.92 bits per heavy atom.